The van der Waals surface area contributed by atoms with E-state index in [1.54, 1.807) is 18.2 Å². The van der Waals surface area contributed by atoms with Crippen LogP contribution in [0.5, 0.6) is 0 Å². The molecule has 1 aliphatic rings. The van der Waals surface area contributed by atoms with Gasteiger partial charge in [-0.15, -0.1) is 11.8 Å². The topological polar surface area (TPSA) is 49.4 Å². The van der Waals surface area contributed by atoms with Gasteiger partial charge in [0.15, 0.2) is 0 Å². The largest absolute Gasteiger partial charge is 0.342 e. The van der Waals surface area contributed by atoms with E-state index in [4.69, 9.17) is 11.6 Å². The summed E-state index contributed by atoms with van der Waals surface area (Å²) in [5.41, 5.74) is 2.20. The predicted molar refractivity (Wildman–Crippen MR) is 121 cm³/mol. The molecule has 2 aromatic rings. The van der Waals surface area contributed by atoms with E-state index in [0.717, 1.165) is 29.0 Å². The number of carbonyl (C=O) groups is 2. The Morgan fingerprint density at radius 1 is 1.14 bits per heavy atom. The molecule has 0 aliphatic heterocycles. The second kappa shape index (κ2) is 10.2. The van der Waals surface area contributed by atoms with Crippen molar-refractivity contribution in [3.63, 3.8) is 0 Å². The summed E-state index contributed by atoms with van der Waals surface area (Å²) in [6.07, 6.45) is 5.84. The summed E-state index contributed by atoms with van der Waals surface area (Å²) in [4.78, 5) is 28.2. The first kappa shape index (κ1) is 21.7. The van der Waals surface area contributed by atoms with Crippen molar-refractivity contribution in [3.05, 3.63) is 58.6 Å². The van der Waals surface area contributed by atoms with Crippen molar-refractivity contribution in [2.45, 2.75) is 50.0 Å². The first-order valence-electron chi connectivity index (χ1n) is 10.0. The molecule has 6 heteroatoms. The summed E-state index contributed by atoms with van der Waals surface area (Å²) >= 11 is 7.42. The molecule has 0 atom stereocenters. The lowest BCUT2D eigenvalue weighted by molar-refractivity contribution is -0.129. The Morgan fingerprint density at radius 2 is 1.86 bits per heavy atom. The van der Waals surface area contributed by atoms with Crippen molar-refractivity contribution in [2.75, 3.05) is 18.1 Å². The van der Waals surface area contributed by atoms with E-state index in [0.29, 0.717) is 22.4 Å². The standard InChI is InChI=1S/C23H27ClN2O2S/c1-16-14-17(24)12-13-20(16)25-23(28)19-10-6-7-11-21(19)29-15-22(27)26(2)18-8-4-3-5-9-18/h6-7,10-14,18H,3-5,8-9,15H2,1-2H3,(H,25,28). The number of anilines is 1. The first-order chi connectivity index (χ1) is 14.0. The van der Waals surface area contributed by atoms with Gasteiger partial charge < -0.3 is 10.2 Å². The maximum absolute atomic E-state index is 12.8. The van der Waals surface area contributed by atoms with Crippen LogP contribution in [0.15, 0.2) is 47.4 Å². The molecular formula is C23H27ClN2O2S. The molecular weight excluding hydrogens is 404 g/mol. The number of hydrogen-bond donors (Lipinski definition) is 1. The van der Waals surface area contributed by atoms with Gasteiger partial charge in [0, 0.05) is 28.7 Å². The van der Waals surface area contributed by atoms with Crippen molar-refractivity contribution in [3.8, 4) is 0 Å². The van der Waals surface area contributed by atoms with Crippen molar-refractivity contribution >= 4 is 40.9 Å². The van der Waals surface area contributed by atoms with Gasteiger partial charge in [-0.25, -0.2) is 0 Å². The number of aryl methyl sites for hydroxylation is 1. The number of carbonyl (C=O) groups excluding carboxylic acids is 2. The van der Waals surface area contributed by atoms with Gasteiger partial charge in [-0.2, -0.15) is 0 Å². The summed E-state index contributed by atoms with van der Waals surface area (Å²) in [6, 6.07) is 13.1. The minimum atomic E-state index is -0.188. The molecule has 154 valence electrons. The molecule has 29 heavy (non-hydrogen) atoms. The number of thioether (sulfide) groups is 1. The van der Waals surface area contributed by atoms with Crippen molar-refractivity contribution in [1.82, 2.24) is 4.90 Å². The highest BCUT2D eigenvalue weighted by atomic mass is 35.5. The van der Waals surface area contributed by atoms with Gasteiger partial charge in [-0.05, 0) is 55.7 Å². The number of benzene rings is 2. The van der Waals surface area contributed by atoms with Crippen LogP contribution >= 0.6 is 23.4 Å². The van der Waals surface area contributed by atoms with E-state index < -0.39 is 0 Å². The number of rotatable bonds is 6. The SMILES string of the molecule is Cc1cc(Cl)ccc1NC(=O)c1ccccc1SCC(=O)N(C)C1CCCCC1. The van der Waals surface area contributed by atoms with Crippen molar-refractivity contribution in [2.24, 2.45) is 0 Å². The second-order valence-corrected chi connectivity index (χ2v) is 8.95. The molecule has 0 radical (unpaired) electrons. The molecule has 1 N–H and O–H groups in total. The molecule has 2 aromatic carbocycles. The first-order valence-corrected chi connectivity index (χ1v) is 11.4. The average molecular weight is 431 g/mol. The van der Waals surface area contributed by atoms with Crippen LogP contribution in [0, 0.1) is 6.92 Å². The highest BCUT2D eigenvalue weighted by Crippen LogP contribution is 2.27. The molecule has 1 fully saturated rings. The normalized spacial score (nSPS) is 14.4. The molecule has 0 saturated heterocycles. The maximum Gasteiger partial charge on any atom is 0.256 e. The third-order valence-corrected chi connectivity index (χ3v) is 6.73. The predicted octanol–water partition coefficient (Wildman–Crippen LogP) is 5.78. The summed E-state index contributed by atoms with van der Waals surface area (Å²) in [5, 5.41) is 3.59. The van der Waals surface area contributed by atoms with Crippen LogP contribution in [0.4, 0.5) is 5.69 Å². The number of nitrogens with zero attached hydrogens (tertiary/aromatic N) is 1. The van der Waals surface area contributed by atoms with E-state index in [9.17, 15) is 9.59 Å². The Labute approximate surface area is 182 Å². The van der Waals surface area contributed by atoms with Crippen LogP contribution in [0.3, 0.4) is 0 Å². The minimum absolute atomic E-state index is 0.116. The lowest BCUT2D eigenvalue weighted by Gasteiger charge is -2.31. The van der Waals surface area contributed by atoms with Gasteiger partial charge in [0.2, 0.25) is 5.91 Å². The molecule has 3 rings (SSSR count). The zero-order valence-corrected chi connectivity index (χ0v) is 18.5. The van der Waals surface area contributed by atoms with Crippen LogP contribution in [0.25, 0.3) is 0 Å². The Bertz CT molecular complexity index is 881. The summed E-state index contributed by atoms with van der Waals surface area (Å²) in [6.45, 7) is 1.90. The van der Waals surface area contributed by atoms with E-state index in [-0.39, 0.29) is 11.8 Å². The third-order valence-electron chi connectivity index (χ3n) is 5.44. The summed E-state index contributed by atoms with van der Waals surface area (Å²) in [7, 11) is 1.90. The van der Waals surface area contributed by atoms with Crippen LogP contribution in [0.2, 0.25) is 5.02 Å². The van der Waals surface area contributed by atoms with Gasteiger partial charge in [-0.1, -0.05) is 43.0 Å². The van der Waals surface area contributed by atoms with Gasteiger partial charge in [-0.3, -0.25) is 9.59 Å². The molecule has 0 bridgehead atoms. The summed E-state index contributed by atoms with van der Waals surface area (Å²) in [5.74, 6) is 0.259. The fraction of sp³-hybridized carbons (Fsp3) is 0.391. The van der Waals surface area contributed by atoms with Crippen LogP contribution in [-0.2, 0) is 4.79 Å². The number of amides is 2. The number of halogens is 1. The van der Waals surface area contributed by atoms with E-state index >= 15 is 0 Å². The molecule has 0 unspecified atom stereocenters. The zero-order valence-electron chi connectivity index (χ0n) is 16.9. The molecule has 4 nitrogen and oxygen atoms in total. The molecule has 0 spiro atoms. The fourth-order valence-corrected chi connectivity index (χ4v) is 4.85. The Balaban J connectivity index is 1.65. The van der Waals surface area contributed by atoms with Gasteiger partial charge in [0.1, 0.15) is 0 Å². The Hall–Kier alpha value is -1.98. The van der Waals surface area contributed by atoms with Crippen LogP contribution in [-0.4, -0.2) is 35.6 Å². The quantitative estimate of drug-likeness (QED) is 0.590. The van der Waals surface area contributed by atoms with Crippen molar-refractivity contribution < 1.29 is 9.59 Å². The van der Waals surface area contributed by atoms with Gasteiger partial charge in [0.05, 0.1) is 11.3 Å². The van der Waals surface area contributed by atoms with E-state index in [1.807, 2.05) is 43.1 Å². The zero-order chi connectivity index (χ0) is 20.8. The molecule has 2 amide bonds. The Kier molecular flexibility index (Phi) is 7.62. The minimum Gasteiger partial charge on any atom is -0.342 e. The highest BCUT2D eigenvalue weighted by molar-refractivity contribution is 8.00. The van der Waals surface area contributed by atoms with E-state index in [2.05, 4.69) is 5.32 Å². The van der Waals surface area contributed by atoms with Gasteiger partial charge >= 0.3 is 0 Å². The van der Waals surface area contributed by atoms with Crippen LogP contribution < -0.4 is 5.32 Å². The third kappa shape index (κ3) is 5.77. The van der Waals surface area contributed by atoms with Crippen LogP contribution in [0.1, 0.15) is 48.0 Å². The van der Waals surface area contributed by atoms with Crippen molar-refractivity contribution in [1.29, 1.82) is 0 Å². The van der Waals surface area contributed by atoms with E-state index in [1.165, 1.54) is 31.0 Å². The maximum atomic E-state index is 12.8. The monoisotopic (exact) mass is 430 g/mol. The molecule has 0 heterocycles. The fourth-order valence-electron chi connectivity index (χ4n) is 3.65. The summed E-state index contributed by atoms with van der Waals surface area (Å²) < 4.78 is 0. The lowest BCUT2D eigenvalue weighted by atomic mass is 9.94. The average Bonchev–Trinajstić information content (AvgIpc) is 2.74. The molecule has 0 aromatic heterocycles. The molecule has 1 saturated carbocycles. The van der Waals surface area contributed by atoms with Gasteiger partial charge in [0.25, 0.3) is 5.91 Å². The second-order valence-electron chi connectivity index (χ2n) is 7.49. The highest BCUT2D eigenvalue weighted by Gasteiger charge is 2.22. The Morgan fingerprint density at radius 3 is 2.59 bits per heavy atom. The number of hydrogen-bond acceptors (Lipinski definition) is 3. The number of nitrogens with one attached hydrogen (secondary N) is 1. The smallest absolute Gasteiger partial charge is 0.256 e. The lowest BCUT2D eigenvalue weighted by Crippen LogP contribution is -2.39. The molecule has 1 aliphatic carbocycles.